The summed E-state index contributed by atoms with van der Waals surface area (Å²) in [5, 5.41) is 11.2. The van der Waals surface area contributed by atoms with E-state index in [-0.39, 0.29) is 6.15 Å². The summed E-state index contributed by atoms with van der Waals surface area (Å²) in [6.07, 6.45) is 1.97. The van der Waals surface area contributed by atoms with Gasteiger partial charge in [-0.3, -0.25) is 0 Å². The molecule has 0 radical (unpaired) electrons. The van der Waals surface area contributed by atoms with Crippen LogP contribution in [0.4, 0.5) is 0 Å². The van der Waals surface area contributed by atoms with E-state index >= 15 is 0 Å². The van der Waals surface area contributed by atoms with Crippen LogP contribution in [0.5, 0.6) is 5.75 Å². The fourth-order valence-corrected chi connectivity index (χ4v) is 2.01. The van der Waals surface area contributed by atoms with Crippen molar-refractivity contribution in [2.24, 2.45) is 0 Å². The Kier molecular flexibility index (Phi) is 7.01. The Morgan fingerprint density at radius 1 is 1.32 bits per heavy atom. The van der Waals surface area contributed by atoms with Gasteiger partial charge in [0, 0.05) is 5.75 Å². The van der Waals surface area contributed by atoms with Crippen LogP contribution in [0.3, 0.4) is 0 Å². The molecular weight excluding hydrogens is 266 g/mol. The minimum atomic E-state index is 0.250. The summed E-state index contributed by atoms with van der Waals surface area (Å²) in [6, 6.07) is 8.11. The van der Waals surface area contributed by atoms with Gasteiger partial charge in [0.15, 0.2) is 0 Å². The van der Waals surface area contributed by atoms with Gasteiger partial charge >= 0.3 is 6.15 Å². The Bertz CT molecular complexity index is 493. The highest BCUT2D eigenvalue weighted by Crippen LogP contribution is 2.21. The van der Waals surface area contributed by atoms with Crippen LogP contribution >= 0.6 is 11.8 Å². The predicted octanol–water partition coefficient (Wildman–Crippen LogP) is 1.91. The Morgan fingerprint density at radius 2 is 2.00 bits per heavy atom. The topological polar surface area (TPSA) is 84.9 Å². The number of hydrogen-bond donors (Lipinski definition) is 1. The van der Waals surface area contributed by atoms with Gasteiger partial charge in [0.25, 0.3) is 0 Å². The van der Waals surface area contributed by atoms with Gasteiger partial charge in [-0.05, 0) is 24.6 Å². The van der Waals surface area contributed by atoms with Gasteiger partial charge in [0.05, 0.1) is 12.8 Å². The summed E-state index contributed by atoms with van der Waals surface area (Å²) in [5.41, 5.74) is 1.25. The minimum absolute atomic E-state index is 0.250. The van der Waals surface area contributed by atoms with Crippen LogP contribution in [0.2, 0.25) is 0 Å². The fraction of sp³-hybridized carbons (Fsp3) is 0.250. The van der Waals surface area contributed by atoms with E-state index in [2.05, 4.69) is 27.5 Å². The number of aromatic amines is 1. The number of ether oxygens (including phenoxy) is 1. The second-order valence-corrected chi connectivity index (χ2v) is 4.25. The summed E-state index contributed by atoms with van der Waals surface area (Å²) in [4.78, 5) is 16.2. The van der Waals surface area contributed by atoms with Gasteiger partial charge in [0.1, 0.15) is 10.8 Å². The maximum atomic E-state index is 8.12. The van der Waals surface area contributed by atoms with E-state index in [1.165, 1.54) is 5.56 Å². The van der Waals surface area contributed by atoms with Crippen LogP contribution in [0, 0.1) is 0 Å². The van der Waals surface area contributed by atoms with Crippen molar-refractivity contribution in [2.75, 3.05) is 6.61 Å². The van der Waals surface area contributed by atoms with E-state index in [9.17, 15) is 0 Å². The number of thioether (sulfide) groups is 1. The van der Waals surface area contributed by atoms with E-state index in [1.54, 1.807) is 18.0 Å². The average Bonchev–Trinajstić information content (AvgIpc) is 2.92. The molecule has 1 N–H and O–H groups in total. The molecular formula is C12H13N3O3S. The van der Waals surface area contributed by atoms with Crippen LogP contribution in [0.25, 0.3) is 0 Å². The third-order valence-corrected chi connectivity index (χ3v) is 2.98. The molecule has 7 heteroatoms. The lowest BCUT2D eigenvalue weighted by molar-refractivity contribution is -0.191. The number of nitrogens with zero attached hydrogens (tertiary/aromatic N) is 2. The molecule has 0 fully saturated rings. The molecule has 0 spiro atoms. The molecule has 0 aliphatic heterocycles. The van der Waals surface area contributed by atoms with Gasteiger partial charge in [0.2, 0.25) is 0 Å². The third kappa shape index (κ3) is 5.85. The molecule has 0 aliphatic rings. The van der Waals surface area contributed by atoms with Crippen molar-refractivity contribution >= 4 is 17.9 Å². The highest BCUT2D eigenvalue weighted by molar-refractivity contribution is 7.98. The molecule has 0 aliphatic carbocycles. The summed E-state index contributed by atoms with van der Waals surface area (Å²) in [6.45, 7) is 2.68. The van der Waals surface area contributed by atoms with Crippen LogP contribution in [-0.2, 0) is 15.3 Å². The number of aromatic nitrogens is 3. The summed E-state index contributed by atoms with van der Waals surface area (Å²) in [7, 11) is 0. The molecule has 0 saturated carbocycles. The molecule has 2 aromatic rings. The quantitative estimate of drug-likeness (QED) is 0.841. The Balaban J connectivity index is 0.000000550. The first kappa shape index (κ1) is 14.9. The molecule has 100 valence electrons. The Hall–Kier alpha value is -2.11. The second kappa shape index (κ2) is 8.91. The number of benzene rings is 1. The maximum absolute atomic E-state index is 8.12. The zero-order valence-corrected chi connectivity index (χ0v) is 11.1. The minimum Gasteiger partial charge on any atom is -0.494 e. The molecule has 1 heterocycles. The van der Waals surface area contributed by atoms with E-state index in [1.807, 2.05) is 19.1 Å². The van der Waals surface area contributed by atoms with Gasteiger partial charge in [-0.2, -0.15) is 19.9 Å². The Labute approximate surface area is 114 Å². The van der Waals surface area contributed by atoms with Crippen molar-refractivity contribution in [2.45, 2.75) is 17.7 Å². The van der Waals surface area contributed by atoms with Crippen molar-refractivity contribution < 1.29 is 14.3 Å². The van der Waals surface area contributed by atoms with Crippen molar-refractivity contribution in [3.63, 3.8) is 0 Å². The molecule has 0 saturated heterocycles. The lowest BCUT2D eigenvalue weighted by atomic mass is 10.2. The summed E-state index contributed by atoms with van der Waals surface area (Å²) in [5.74, 6) is 1.80. The zero-order valence-electron chi connectivity index (χ0n) is 10.3. The van der Waals surface area contributed by atoms with Gasteiger partial charge in [-0.1, -0.05) is 23.9 Å². The van der Waals surface area contributed by atoms with Crippen molar-refractivity contribution in [1.29, 1.82) is 0 Å². The van der Waals surface area contributed by atoms with E-state index in [4.69, 9.17) is 14.3 Å². The maximum Gasteiger partial charge on any atom is 0.373 e. The lowest BCUT2D eigenvalue weighted by Crippen LogP contribution is -1.91. The molecule has 1 aromatic carbocycles. The van der Waals surface area contributed by atoms with Crippen LogP contribution < -0.4 is 4.74 Å². The van der Waals surface area contributed by atoms with Gasteiger partial charge in [-0.15, -0.1) is 5.10 Å². The number of hydrogen-bond acceptors (Lipinski definition) is 6. The first-order valence-electron chi connectivity index (χ1n) is 5.49. The third-order valence-electron chi connectivity index (χ3n) is 2.01. The molecule has 1 aromatic heterocycles. The predicted molar refractivity (Wildman–Crippen MR) is 68.6 cm³/mol. The van der Waals surface area contributed by atoms with Crippen LogP contribution in [0.15, 0.2) is 35.5 Å². The second-order valence-electron chi connectivity index (χ2n) is 3.26. The molecule has 2 rings (SSSR count). The first-order valence-corrected chi connectivity index (χ1v) is 6.48. The molecule has 6 nitrogen and oxygen atoms in total. The monoisotopic (exact) mass is 279 g/mol. The van der Waals surface area contributed by atoms with Crippen molar-refractivity contribution in [1.82, 2.24) is 15.4 Å². The van der Waals surface area contributed by atoms with Crippen LogP contribution in [-0.4, -0.2) is 28.2 Å². The van der Waals surface area contributed by atoms with E-state index < -0.39 is 0 Å². The fourth-order valence-electron chi connectivity index (χ4n) is 1.27. The summed E-state index contributed by atoms with van der Waals surface area (Å²) >= 11 is 1.65. The van der Waals surface area contributed by atoms with Crippen molar-refractivity contribution in [3.05, 3.63) is 36.0 Å². The van der Waals surface area contributed by atoms with Crippen LogP contribution in [0.1, 0.15) is 12.5 Å². The zero-order chi connectivity index (χ0) is 13.9. The largest absolute Gasteiger partial charge is 0.494 e. The molecule has 0 amide bonds. The number of rotatable bonds is 5. The SMILES string of the molecule is CCOc1ccc(CSc2cn[nH]n2)cc1.O=C=O. The highest BCUT2D eigenvalue weighted by Gasteiger charge is 1.99. The average molecular weight is 279 g/mol. The number of H-pyrrole nitrogens is 1. The number of carbonyl (C=O) groups excluding carboxylic acids is 2. The molecule has 19 heavy (non-hydrogen) atoms. The smallest absolute Gasteiger partial charge is 0.373 e. The van der Waals surface area contributed by atoms with Crippen molar-refractivity contribution in [3.8, 4) is 5.75 Å². The van der Waals surface area contributed by atoms with Gasteiger partial charge < -0.3 is 4.74 Å². The van der Waals surface area contributed by atoms with E-state index in [0.29, 0.717) is 6.61 Å². The molecule has 0 atom stereocenters. The standard InChI is InChI=1S/C11H13N3OS.CO2/c1-2-15-10-5-3-9(4-6-10)8-16-11-7-12-14-13-11;2-1-3/h3-7H,2,8H2,1H3,(H,12,13,14);. The summed E-state index contributed by atoms with van der Waals surface area (Å²) < 4.78 is 5.38. The lowest BCUT2D eigenvalue weighted by Gasteiger charge is -2.03. The molecule has 0 unspecified atom stereocenters. The highest BCUT2D eigenvalue weighted by atomic mass is 32.2. The van der Waals surface area contributed by atoms with Gasteiger partial charge in [-0.25, -0.2) is 0 Å². The van der Waals surface area contributed by atoms with E-state index in [0.717, 1.165) is 16.5 Å². The Morgan fingerprint density at radius 3 is 2.53 bits per heavy atom. The number of nitrogens with one attached hydrogen (secondary N) is 1. The molecule has 0 bridgehead atoms. The normalized spacial score (nSPS) is 9.11. The first-order chi connectivity index (χ1) is 9.30.